The topological polar surface area (TPSA) is 20.2 Å². The van der Waals surface area contributed by atoms with Crippen LogP contribution < -0.4 is 0 Å². The molecule has 0 saturated carbocycles. The summed E-state index contributed by atoms with van der Waals surface area (Å²) >= 11 is 0. The monoisotopic (exact) mass is 255 g/mol. The molecule has 0 spiro atoms. The fourth-order valence-corrected chi connectivity index (χ4v) is 0.739. The molecule has 0 heterocycles. The van der Waals surface area contributed by atoms with E-state index in [4.69, 9.17) is 0 Å². The van der Waals surface area contributed by atoms with Crippen LogP contribution in [0.4, 0.5) is 0 Å². The molecule has 1 aromatic carbocycles. The van der Waals surface area contributed by atoms with Gasteiger partial charge in [0.15, 0.2) is 0 Å². The molecule has 1 nitrogen and oxygen atoms in total. The number of rotatable bonds is 0. The number of hydrogen-bond acceptors (Lipinski definition) is 1. The Kier molecular flexibility index (Phi) is 14.8. The Labute approximate surface area is 107 Å². The van der Waals surface area contributed by atoms with Crippen LogP contribution in [-0.2, 0) is 32.7 Å². The number of phenols is 1. The molecule has 0 aliphatic carbocycles. The van der Waals surface area contributed by atoms with E-state index in [-0.39, 0.29) is 40.1 Å². The molecule has 73 valence electrons. The van der Waals surface area contributed by atoms with Gasteiger partial charge in [-0.05, 0) is 0 Å². The first kappa shape index (κ1) is 18.8. The van der Waals surface area contributed by atoms with Crippen LogP contribution >= 0.6 is 0 Å². The molecule has 0 bridgehead atoms. The fourth-order valence-electron chi connectivity index (χ4n) is 0.739. The minimum atomic E-state index is 0. The van der Waals surface area contributed by atoms with Crippen LogP contribution in [0.1, 0.15) is 25.0 Å². The maximum Gasteiger partial charge on any atom is 0.0139 e. The standard InChI is InChI=1S/C8H9O.C2H6.CH3.Y/c1-6-4-3-5-7(2)8(6)9;1-2;;/h4-5,9H,1-2H3;1-2H3;1H3;/q-1;;-1;. The van der Waals surface area contributed by atoms with Gasteiger partial charge in [-0.1, -0.05) is 27.7 Å². The van der Waals surface area contributed by atoms with E-state index in [0.717, 1.165) is 11.1 Å². The summed E-state index contributed by atoms with van der Waals surface area (Å²) in [6, 6.07) is 6.44. The molecule has 0 amide bonds. The Morgan fingerprint density at radius 3 is 1.62 bits per heavy atom. The molecule has 0 aliphatic heterocycles. The Morgan fingerprint density at radius 1 is 1.08 bits per heavy atom. The van der Waals surface area contributed by atoms with Crippen LogP contribution in [0, 0.1) is 27.3 Å². The summed E-state index contributed by atoms with van der Waals surface area (Å²) in [7, 11) is 0. The Bertz CT molecular complexity index is 201. The number of aromatic hydroxyl groups is 1. The molecule has 0 atom stereocenters. The molecule has 13 heavy (non-hydrogen) atoms. The summed E-state index contributed by atoms with van der Waals surface area (Å²) in [6.45, 7) is 7.72. The molecule has 1 N–H and O–H groups in total. The number of benzene rings is 1. The van der Waals surface area contributed by atoms with Crippen molar-refractivity contribution in [3.63, 3.8) is 0 Å². The molecule has 0 fully saturated rings. The zero-order valence-electron chi connectivity index (χ0n) is 9.18. The minimum Gasteiger partial charge on any atom is -0.533 e. The normalized spacial score (nSPS) is 7.08. The van der Waals surface area contributed by atoms with Crippen LogP contribution in [0.15, 0.2) is 12.1 Å². The predicted octanol–water partition coefficient (Wildman–Crippen LogP) is 3.28. The summed E-state index contributed by atoms with van der Waals surface area (Å²) in [5, 5.41) is 9.19. The van der Waals surface area contributed by atoms with Crippen molar-refractivity contribution in [1.29, 1.82) is 0 Å². The van der Waals surface area contributed by atoms with Crippen LogP contribution in [0.3, 0.4) is 0 Å². The zero-order chi connectivity index (χ0) is 8.85. The summed E-state index contributed by atoms with van der Waals surface area (Å²) in [4.78, 5) is 0. The summed E-state index contributed by atoms with van der Waals surface area (Å²) in [5.74, 6) is 0.383. The van der Waals surface area contributed by atoms with Crippen LogP contribution in [0.5, 0.6) is 5.75 Å². The third-order valence-corrected chi connectivity index (χ3v) is 1.35. The van der Waals surface area contributed by atoms with Crippen molar-refractivity contribution in [2.24, 2.45) is 0 Å². The van der Waals surface area contributed by atoms with Gasteiger partial charge in [-0.15, -0.1) is 11.1 Å². The Balaban J connectivity index is -0.000000234. The third kappa shape index (κ3) is 6.23. The Morgan fingerprint density at radius 2 is 1.38 bits per heavy atom. The largest absolute Gasteiger partial charge is 0.533 e. The molecule has 1 rings (SSSR count). The second-order valence-corrected chi connectivity index (χ2v) is 2.17. The average molecular weight is 255 g/mol. The van der Waals surface area contributed by atoms with Crippen molar-refractivity contribution in [3.05, 3.63) is 36.8 Å². The first-order chi connectivity index (χ1) is 5.22. The SMILES string of the molecule is CC.Cc1c[c-]cc(C)c1O.[CH3-].[Y]. The van der Waals surface area contributed by atoms with Gasteiger partial charge >= 0.3 is 0 Å². The van der Waals surface area contributed by atoms with Gasteiger partial charge in [-0.25, -0.2) is 0 Å². The van der Waals surface area contributed by atoms with E-state index >= 15 is 0 Å². The predicted molar refractivity (Wildman–Crippen MR) is 54.2 cm³/mol. The van der Waals surface area contributed by atoms with E-state index in [2.05, 4.69) is 6.07 Å². The molecule has 1 radical (unpaired) electrons. The second kappa shape index (κ2) is 10.2. The van der Waals surface area contributed by atoms with Gasteiger partial charge in [0.25, 0.3) is 0 Å². The fraction of sp³-hybridized carbons (Fsp3) is 0.364. The van der Waals surface area contributed by atoms with E-state index in [1.165, 1.54) is 0 Å². The number of hydrogen-bond donors (Lipinski definition) is 1. The molecule has 0 aliphatic rings. The van der Waals surface area contributed by atoms with E-state index in [1.54, 1.807) is 12.1 Å². The van der Waals surface area contributed by atoms with Gasteiger partial charge in [0.1, 0.15) is 0 Å². The summed E-state index contributed by atoms with van der Waals surface area (Å²) < 4.78 is 0. The van der Waals surface area contributed by atoms with Gasteiger partial charge in [0, 0.05) is 38.5 Å². The van der Waals surface area contributed by atoms with Crippen molar-refractivity contribution in [3.8, 4) is 5.75 Å². The van der Waals surface area contributed by atoms with E-state index in [9.17, 15) is 5.11 Å². The van der Waals surface area contributed by atoms with Gasteiger partial charge in [-0.3, -0.25) is 0 Å². The van der Waals surface area contributed by atoms with Crippen molar-refractivity contribution in [2.75, 3.05) is 0 Å². The van der Waals surface area contributed by atoms with E-state index in [1.807, 2.05) is 27.7 Å². The van der Waals surface area contributed by atoms with Crippen LogP contribution in [0.25, 0.3) is 0 Å². The molecule has 0 aromatic heterocycles. The van der Waals surface area contributed by atoms with Crippen LogP contribution in [0.2, 0.25) is 0 Å². The molecular formula is C11H18OY-2. The molecule has 2 heteroatoms. The van der Waals surface area contributed by atoms with Crippen molar-refractivity contribution in [1.82, 2.24) is 0 Å². The van der Waals surface area contributed by atoms with Gasteiger partial charge in [0.2, 0.25) is 0 Å². The quantitative estimate of drug-likeness (QED) is 0.705. The average Bonchev–Trinajstić information content (AvgIpc) is 2.04. The molecular weight excluding hydrogens is 237 g/mol. The van der Waals surface area contributed by atoms with E-state index < -0.39 is 0 Å². The van der Waals surface area contributed by atoms with Gasteiger partial charge < -0.3 is 12.5 Å². The Hall–Kier alpha value is 0.124. The molecule has 1 aromatic rings. The zero-order valence-corrected chi connectivity index (χ0v) is 12.0. The van der Waals surface area contributed by atoms with E-state index in [0.29, 0.717) is 5.75 Å². The minimum absolute atomic E-state index is 0. The summed E-state index contributed by atoms with van der Waals surface area (Å²) in [5.41, 5.74) is 1.77. The first-order valence-corrected chi connectivity index (χ1v) is 3.88. The van der Waals surface area contributed by atoms with Gasteiger partial charge in [-0.2, -0.15) is 18.2 Å². The van der Waals surface area contributed by atoms with Crippen molar-refractivity contribution >= 4 is 0 Å². The van der Waals surface area contributed by atoms with Crippen molar-refractivity contribution in [2.45, 2.75) is 27.7 Å². The van der Waals surface area contributed by atoms with Crippen molar-refractivity contribution < 1.29 is 37.8 Å². The van der Waals surface area contributed by atoms with Crippen LogP contribution in [-0.4, -0.2) is 5.11 Å². The van der Waals surface area contributed by atoms with Gasteiger partial charge in [0.05, 0.1) is 0 Å². The number of phenolic OH excluding ortho intramolecular Hbond substituents is 1. The third-order valence-electron chi connectivity index (χ3n) is 1.35. The number of aryl methyl sites for hydroxylation is 2. The molecule has 0 unspecified atom stereocenters. The molecule has 0 saturated heterocycles. The maximum atomic E-state index is 9.19. The maximum absolute atomic E-state index is 9.19. The smallest absolute Gasteiger partial charge is 0.0139 e. The second-order valence-electron chi connectivity index (χ2n) is 2.17. The summed E-state index contributed by atoms with van der Waals surface area (Å²) in [6.07, 6.45) is 0. The first-order valence-electron chi connectivity index (χ1n) is 3.88.